The molecule has 0 bridgehead atoms. The third kappa shape index (κ3) is 5.66. The van der Waals surface area contributed by atoms with Crippen LogP contribution in [0.15, 0.2) is 54.6 Å². The molecule has 0 aliphatic carbocycles. The van der Waals surface area contributed by atoms with E-state index in [1.165, 1.54) is 12.1 Å². The summed E-state index contributed by atoms with van der Waals surface area (Å²) in [6.45, 7) is 7.44. The highest BCUT2D eigenvalue weighted by Crippen LogP contribution is 2.34. The van der Waals surface area contributed by atoms with Gasteiger partial charge in [0.15, 0.2) is 0 Å². The molecule has 1 N–H and O–H groups in total. The van der Waals surface area contributed by atoms with Crippen molar-refractivity contribution in [2.75, 3.05) is 13.1 Å². The molecule has 5 heteroatoms. The molecule has 1 fully saturated rings. The van der Waals surface area contributed by atoms with Gasteiger partial charge >= 0.3 is 0 Å². The first-order valence-electron chi connectivity index (χ1n) is 10.1. The maximum absolute atomic E-state index is 13.1. The zero-order valence-corrected chi connectivity index (χ0v) is 17.3. The Morgan fingerprint density at radius 1 is 1.03 bits per heavy atom. The maximum Gasteiger partial charge on any atom is 0.225 e. The smallest absolute Gasteiger partial charge is 0.225 e. The Bertz CT molecular complexity index is 843. The normalized spacial score (nSPS) is 19.2. The summed E-state index contributed by atoms with van der Waals surface area (Å²) in [6, 6.07) is 16.0. The Kier molecular flexibility index (Phi) is 6.36. The van der Waals surface area contributed by atoms with E-state index < -0.39 is 0 Å². The highest BCUT2D eigenvalue weighted by Gasteiger charge is 2.40. The Balaban J connectivity index is 1.73. The Morgan fingerprint density at radius 3 is 2.31 bits per heavy atom. The van der Waals surface area contributed by atoms with E-state index in [0.29, 0.717) is 26.1 Å². The minimum Gasteiger partial charge on any atom is -0.352 e. The molecule has 2 amide bonds. The summed E-state index contributed by atoms with van der Waals surface area (Å²) in [7, 11) is 0. The summed E-state index contributed by atoms with van der Waals surface area (Å²) < 4.78 is 13.1. The molecule has 0 saturated carbocycles. The van der Waals surface area contributed by atoms with Crippen LogP contribution in [0.2, 0.25) is 0 Å². The maximum atomic E-state index is 13.1. The average Bonchev–Trinajstić information content (AvgIpc) is 3.12. The van der Waals surface area contributed by atoms with Crippen molar-refractivity contribution >= 4 is 11.8 Å². The van der Waals surface area contributed by atoms with Crippen LogP contribution in [0.3, 0.4) is 0 Å². The van der Waals surface area contributed by atoms with Crippen molar-refractivity contribution in [2.24, 2.45) is 11.3 Å². The van der Waals surface area contributed by atoms with E-state index >= 15 is 0 Å². The van der Waals surface area contributed by atoms with Crippen molar-refractivity contribution in [3.63, 3.8) is 0 Å². The van der Waals surface area contributed by atoms with Gasteiger partial charge in [0.1, 0.15) is 5.82 Å². The van der Waals surface area contributed by atoms with Crippen molar-refractivity contribution in [3.05, 3.63) is 71.5 Å². The highest BCUT2D eigenvalue weighted by atomic mass is 19.1. The Labute approximate surface area is 172 Å². The first-order valence-corrected chi connectivity index (χ1v) is 10.1. The molecule has 2 aromatic carbocycles. The number of nitrogens with zero attached hydrogens (tertiary/aromatic N) is 1. The van der Waals surface area contributed by atoms with Crippen molar-refractivity contribution in [1.29, 1.82) is 0 Å². The van der Waals surface area contributed by atoms with Gasteiger partial charge in [-0.3, -0.25) is 9.59 Å². The summed E-state index contributed by atoms with van der Waals surface area (Å²) in [6.07, 6.45) is 0.457. The second kappa shape index (κ2) is 8.76. The van der Waals surface area contributed by atoms with Crippen LogP contribution in [0.1, 0.15) is 44.2 Å². The second-order valence-electron chi connectivity index (χ2n) is 9.00. The van der Waals surface area contributed by atoms with Crippen LogP contribution in [0, 0.1) is 17.2 Å². The van der Waals surface area contributed by atoms with Gasteiger partial charge in [-0.2, -0.15) is 0 Å². The molecule has 0 spiro atoms. The first-order chi connectivity index (χ1) is 13.7. The molecule has 4 nitrogen and oxygen atoms in total. The number of hydrogen-bond acceptors (Lipinski definition) is 2. The van der Waals surface area contributed by atoms with Crippen LogP contribution >= 0.6 is 0 Å². The number of carbonyl (C=O) groups excluding carboxylic acids is 2. The minimum atomic E-state index is -0.304. The third-order valence-corrected chi connectivity index (χ3v) is 5.30. The van der Waals surface area contributed by atoms with Crippen LogP contribution < -0.4 is 5.32 Å². The number of benzene rings is 2. The Morgan fingerprint density at radius 2 is 1.69 bits per heavy atom. The number of rotatable bonds is 5. The summed E-state index contributed by atoms with van der Waals surface area (Å²) in [5.74, 6) is -0.621. The van der Waals surface area contributed by atoms with Crippen LogP contribution in [-0.2, 0) is 16.1 Å². The van der Waals surface area contributed by atoms with Crippen molar-refractivity contribution in [2.45, 2.75) is 39.7 Å². The molecule has 0 aromatic heterocycles. The molecule has 1 aliphatic rings. The summed E-state index contributed by atoms with van der Waals surface area (Å²) >= 11 is 0. The Hall–Kier alpha value is -2.69. The number of amides is 2. The molecule has 1 saturated heterocycles. The fourth-order valence-electron chi connectivity index (χ4n) is 3.80. The summed E-state index contributed by atoms with van der Waals surface area (Å²) in [4.78, 5) is 27.6. The standard InChI is InChI=1S/C24H29FN2O2/c1-24(2,3)13-22(28)27-15-20(18-7-5-4-6-8-18)21(16-27)23(29)26-14-17-9-11-19(25)12-10-17/h4-12,20-21H,13-16H2,1-3H3,(H,26,29). The lowest BCUT2D eigenvalue weighted by Gasteiger charge is -2.23. The zero-order valence-electron chi connectivity index (χ0n) is 17.3. The van der Waals surface area contributed by atoms with Gasteiger partial charge in [0.05, 0.1) is 5.92 Å². The lowest BCUT2D eigenvalue weighted by molar-refractivity contribution is -0.132. The number of halogens is 1. The van der Waals surface area contributed by atoms with E-state index in [2.05, 4.69) is 5.32 Å². The number of carbonyl (C=O) groups is 2. The van der Waals surface area contributed by atoms with Crippen LogP contribution in [0.25, 0.3) is 0 Å². The summed E-state index contributed by atoms with van der Waals surface area (Å²) in [5.41, 5.74) is 1.82. The molecule has 1 aliphatic heterocycles. The van der Waals surface area contributed by atoms with Gasteiger partial charge in [-0.25, -0.2) is 4.39 Å². The van der Waals surface area contributed by atoms with Crippen molar-refractivity contribution in [1.82, 2.24) is 10.2 Å². The minimum absolute atomic E-state index is 0.0339. The first kappa shape index (κ1) is 21.0. The van der Waals surface area contributed by atoms with Crippen molar-refractivity contribution < 1.29 is 14.0 Å². The van der Waals surface area contributed by atoms with Gasteiger partial charge in [0.25, 0.3) is 0 Å². The van der Waals surface area contributed by atoms with Crippen LogP contribution in [0.4, 0.5) is 4.39 Å². The monoisotopic (exact) mass is 396 g/mol. The lowest BCUT2D eigenvalue weighted by Crippen LogP contribution is -2.36. The fraction of sp³-hybridized carbons (Fsp3) is 0.417. The number of likely N-dealkylation sites (tertiary alicyclic amines) is 1. The highest BCUT2D eigenvalue weighted by molar-refractivity contribution is 5.83. The summed E-state index contributed by atoms with van der Waals surface area (Å²) in [5, 5.41) is 2.97. The zero-order chi connectivity index (χ0) is 21.0. The molecule has 2 aromatic rings. The van der Waals surface area contributed by atoms with Gasteiger partial charge in [-0.1, -0.05) is 63.2 Å². The van der Waals surface area contributed by atoms with Gasteiger partial charge in [0.2, 0.25) is 11.8 Å². The second-order valence-corrected chi connectivity index (χ2v) is 9.00. The third-order valence-electron chi connectivity index (χ3n) is 5.30. The molecule has 3 rings (SSSR count). The molecule has 154 valence electrons. The fourth-order valence-corrected chi connectivity index (χ4v) is 3.80. The van der Waals surface area contributed by atoms with Gasteiger partial charge in [-0.15, -0.1) is 0 Å². The predicted molar refractivity (Wildman–Crippen MR) is 112 cm³/mol. The molecular weight excluding hydrogens is 367 g/mol. The topological polar surface area (TPSA) is 49.4 Å². The van der Waals surface area contributed by atoms with Gasteiger partial charge in [-0.05, 0) is 28.7 Å². The predicted octanol–water partition coefficient (Wildman–Crippen LogP) is 4.12. The largest absolute Gasteiger partial charge is 0.352 e. The van der Waals surface area contributed by atoms with Gasteiger partial charge in [0, 0.05) is 32.0 Å². The van der Waals surface area contributed by atoms with Crippen LogP contribution in [0.5, 0.6) is 0 Å². The molecule has 2 atom stereocenters. The molecule has 0 radical (unpaired) electrons. The van der Waals surface area contributed by atoms with E-state index in [1.54, 1.807) is 12.1 Å². The van der Waals surface area contributed by atoms with E-state index in [0.717, 1.165) is 11.1 Å². The average molecular weight is 397 g/mol. The van der Waals surface area contributed by atoms with Crippen LogP contribution in [-0.4, -0.2) is 29.8 Å². The number of nitrogens with one attached hydrogen (secondary N) is 1. The van der Waals surface area contributed by atoms with Gasteiger partial charge < -0.3 is 10.2 Å². The van der Waals surface area contributed by atoms with Crippen molar-refractivity contribution in [3.8, 4) is 0 Å². The quantitative estimate of drug-likeness (QED) is 0.827. The molecule has 29 heavy (non-hydrogen) atoms. The molecular formula is C24H29FN2O2. The lowest BCUT2D eigenvalue weighted by atomic mass is 9.88. The molecule has 1 heterocycles. The number of hydrogen-bond donors (Lipinski definition) is 1. The van der Waals surface area contributed by atoms with E-state index in [1.807, 2.05) is 56.0 Å². The van der Waals surface area contributed by atoms with E-state index in [4.69, 9.17) is 0 Å². The molecule has 2 unspecified atom stereocenters. The van der Waals surface area contributed by atoms with E-state index in [-0.39, 0.29) is 34.9 Å². The van der Waals surface area contributed by atoms with E-state index in [9.17, 15) is 14.0 Å². The SMILES string of the molecule is CC(C)(C)CC(=O)N1CC(C(=O)NCc2ccc(F)cc2)C(c2ccccc2)C1.